The van der Waals surface area contributed by atoms with Gasteiger partial charge in [-0.25, -0.2) is 0 Å². The van der Waals surface area contributed by atoms with Crippen molar-refractivity contribution in [1.82, 2.24) is 4.72 Å². The lowest BCUT2D eigenvalue weighted by Crippen LogP contribution is -2.66. The van der Waals surface area contributed by atoms with Gasteiger partial charge in [0.05, 0.1) is 6.04 Å². The molecule has 0 spiro atoms. The highest BCUT2D eigenvalue weighted by Crippen LogP contribution is 2.54. The van der Waals surface area contributed by atoms with Gasteiger partial charge in [-0.15, -0.1) is 11.8 Å². The van der Waals surface area contributed by atoms with E-state index in [1.807, 2.05) is 27.7 Å². The van der Waals surface area contributed by atoms with Crippen molar-refractivity contribution in [2.45, 2.75) is 43.2 Å². The minimum absolute atomic E-state index is 0.153. The van der Waals surface area contributed by atoms with Crippen molar-refractivity contribution in [2.24, 2.45) is 0 Å². The maximum atomic E-state index is 10.6. The first kappa shape index (κ1) is 11.3. The zero-order chi connectivity index (χ0) is 10.5. The third-order valence-corrected chi connectivity index (χ3v) is 4.24. The molecule has 0 amide bonds. The number of hydrogen-bond acceptors (Lipinski definition) is 3. The molecular formula is C7H15NO3S2. The average molecular weight is 225 g/mol. The fourth-order valence-corrected chi connectivity index (χ4v) is 5.16. The molecule has 0 aromatic rings. The van der Waals surface area contributed by atoms with Crippen LogP contribution in [0.1, 0.15) is 27.7 Å². The lowest BCUT2D eigenvalue weighted by molar-refractivity contribution is 0.347. The zero-order valence-corrected chi connectivity index (χ0v) is 9.79. The first-order valence-electron chi connectivity index (χ1n) is 3.99. The van der Waals surface area contributed by atoms with E-state index in [1.54, 1.807) is 11.8 Å². The minimum Gasteiger partial charge on any atom is -0.273 e. The van der Waals surface area contributed by atoms with E-state index < -0.39 is 10.3 Å². The minimum atomic E-state index is -4.09. The van der Waals surface area contributed by atoms with Crippen LogP contribution in [0, 0.1) is 0 Å². The quantitative estimate of drug-likeness (QED) is 0.689. The van der Waals surface area contributed by atoms with Gasteiger partial charge in [0.15, 0.2) is 0 Å². The Hall–Kier alpha value is 0.220. The van der Waals surface area contributed by atoms with Gasteiger partial charge in [0.1, 0.15) is 0 Å². The third-order valence-electron chi connectivity index (χ3n) is 2.18. The summed E-state index contributed by atoms with van der Waals surface area (Å²) in [6, 6.07) is -0.222. The summed E-state index contributed by atoms with van der Waals surface area (Å²) >= 11 is 1.70. The highest BCUT2D eigenvalue weighted by molar-refractivity contribution is 8.03. The molecule has 0 aliphatic carbocycles. The predicted molar refractivity (Wildman–Crippen MR) is 54.2 cm³/mol. The average Bonchev–Trinajstić information content (AvgIpc) is 1.78. The second-order valence-corrected chi connectivity index (χ2v) is 7.83. The molecule has 0 radical (unpaired) electrons. The van der Waals surface area contributed by atoms with E-state index in [9.17, 15) is 8.42 Å². The van der Waals surface area contributed by atoms with Gasteiger partial charge in [0.2, 0.25) is 0 Å². The molecule has 1 heterocycles. The van der Waals surface area contributed by atoms with Crippen LogP contribution in [0.5, 0.6) is 0 Å². The molecule has 4 nitrogen and oxygen atoms in total. The zero-order valence-electron chi connectivity index (χ0n) is 8.16. The molecule has 0 aromatic carbocycles. The van der Waals surface area contributed by atoms with Crippen LogP contribution >= 0.6 is 11.8 Å². The lowest BCUT2D eigenvalue weighted by atomic mass is 9.90. The summed E-state index contributed by atoms with van der Waals surface area (Å²) in [6.07, 6.45) is 0. The smallest absolute Gasteiger partial charge is 0.273 e. The molecule has 2 N–H and O–H groups in total. The molecule has 13 heavy (non-hydrogen) atoms. The summed E-state index contributed by atoms with van der Waals surface area (Å²) in [4.78, 5) is 0. The topological polar surface area (TPSA) is 66.4 Å². The maximum absolute atomic E-state index is 10.6. The summed E-state index contributed by atoms with van der Waals surface area (Å²) in [5, 5.41) is 0. The first-order valence-corrected chi connectivity index (χ1v) is 6.25. The normalized spacial score (nSPS) is 26.8. The number of nitrogens with one attached hydrogen (secondary N) is 1. The lowest BCUT2D eigenvalue weighted by Gasteiger charge is -2.56. The van der Waals surface area contributed by atoms with Gasteiger partial charge in [-0.05, 0) is 27.7 Å². The number of rotatable bonds is 2. The van der Waals surface area contributed by atoms with Gasteiger partial charge in [-0.3, -0.25) is 4.55 Å². The second kappa shape index (κ2) is 2.85. The fourth-order valence-electron chi connectivity index (χ4n) is 2.01. The molecule has 1 fully saturated rings. The highest BCUT2D eigenvalue weighted by Gasteiger charge is 2.55. The predicted octanol–water partition coefficient (Wildman–Crippen LogP) is 1.05. The van der Waals surface area contributed by atoms with Crippen LogP contribution in [0.25, 0.3) is 0 Å². The van der Waals surface area contributed by atoms with Gasteiger partial charge >= 0.3 is 10.3 Å². The van der Waals surface area contributed by atoms with E-state index in [0.29, 0.717) is 0 Å². The largest absolute Gasteiger partial charge is 0.333 e. The van der Waals surface area contributed by atoms with Crippen LogP contribution in [0.2, 0.25) is 0 Å². The van der Waals surface area contributed by atoms with E-state index >= 15 is 0 Å². The van der Waals surface area contributed by atoms with E-state index in [0.717, 1.165) is 0 Å². The van der Waals surface area contributed by atoms with Crippen molar-refractivity contribution < 1.29 is 13.0 Å². The number of thioether (sulfide) groups is 1. The van der Waals surface area contributed by atoms with Gasteiger partial charge in [-0.2, -0.15) is 13.1 Å². The van der Waals surface area contributed by atoms with E-state index in [4.69, 9.17) is 4.55 Å². The van der Waals surface area contributed by atoms with Crippen LogP contribution in [0.4, 0.5) is 0 Å². The fraction of sp³-hybridized carbons (Fsp3) is 1.00. The Morgan fingerprint density at radius 3 is 1.77 bits per heavy atom. The summed E-state index contributed by atoms with van der Waals surface area (Å²) in [5.41, 5.74) is 0. The van der Waals surface area contributed by atoms with Gasteiger partial charge < -0.3 is 0 Å². The molecular weight excluding hydrogens is 210 g/mol. The molecule has 1 saturated heterocycles. The molecule has 1 rings (SSSR count). The molecule has 0 bridgehead atoms. The van der Waals surface area contributed by atoms with Crippen LogP contribution in [-0.4, -0.2) is 28.5 Å². The van der Waals surface area contributed by atoms with Gasteiger partial charge in [0.25, 0.3) is 0 Å². The second-order valence-electron chi connectivity index (χ2n) is 4.33. The third kappa shape index (κ3) is 2.37. The molecule has 6 heteroatoms. The summed E-state index contributed by atoms with van der Waals surface area (Å²) in [6.45, 7) is 7.80. The van der Waals surface area contributed by atoms with Crippen molar-refractivity contribution >= 4 is 22.1 Å². The number of hydrogen-bond donors (Lipinski definition) is 2. The maximum Gasteiger partial charge on any atom is 0.333 e. The highest BCUT2D eigenvalue weighted by atomic mass is 32.2. The molecule has 0 aromatic heterocycles. The van der Waals surface area contributed by atoms with Gasteiger partial charge in [0, 0.05) is 9.49 Å². The first-order chi connectivity index (χ1) is 5.55. The Bertz CT molecular complexity index is 294. The molecule has 0 atom stereocenters. The monoisotopic (exact) mass is 225 g/mol. The van der Waals surface area contributed by atoms with E-state index in [2.05, 4.69) is 4.72 Å². The Labute approximate surface area is 83.4 Å². The SMILES string of the molecule is CC1(C)SC(C)(C)C1NS(=O)(=O)O. The van der Waals surface area contributed by atoms with Crippen molar-refractivity contribution in [1.29, 1.82) is 0 Å². The Morgan fingerprint density at radius 1 is 1.23 bits per heavy atom. The standard InChI is InChI=1S/C7H15NO3S2/c1-6(2)5(7(3,4)12-6)8-13(9,10)11/h5,8H,1-4H3,(H,9,10,11). The van der Waals surface area contributed by atoms with Crippen LogP contribution in [0.15, 0.2) is 0 Å². The Kier molecular flexibility index (Phi) is 2.48. The van der Waals surface area contributed by atoms with Crippen LogP contribution in [0.3, 0.4) is 0 Å². The summed E-state index contributed by atoms with van der Waals surface area (Å²) in [7, 11) is -4.09. The van der Waals surface area contributed by atoms with Crippen molar-refractivity contribution in [3.8, 4) is 0 Å². The Balaban J connectivity index is 2.79. The van der Waals surface area contributed by atoms with Crippen molar-refractivity contribution in [2.75, 3.05) is 0 Å². The van der Waals surface area contributed by atoms with Crippen molar-refractivity contribution in [3.63, 3.8) is 0 Å². The molecule has 0 saturated carbocycles. The Morgan fingerprint density at radius 2 is 1.62 bits per heavy atom. The van der Waals surface area contributed by atoms with Gasteiger partial charge in [-0.1, -0.05) is 0 Å². The van der Waals surface area contributed by atoms with Crippen LogP contribution < -0.4 is 4.72 Å². The van der Waals surface area contributed by atoms with E-state index in [-0.39, 0.29) is 15.5 Å². The van der Waals surface area contributed by atoms with E-state index in [1.165, 1.54) is 0 Å². The molecule has 0 unspecified atom stereocenters. The van der Waals surface area contributed by atoms with Crippen molar-refractivity contribution in [3.05, 3.63) is 0 Å². The molecule has 1 aliphatic rings. The van der Waals surface area contributed by atoms with Crippen LogP contribution in [-0.2, 0) is 10.3 Å². The summed E-state index contributed by atoms with van der Waals surface area (Å²) in [5.74, 6) is 0. The molecule has 1 aliphatic heterocycles. The summed E-state index contributed by atoms with van der Waals surface area (Å²) < 4.78 is 31.9. The molecule has 78 valence electrons.